The summed E-state index contributed by atoms with van der Waals surface area (Å²) in [5, 5.41) is 4.14. The third-order valence-corrected chi connectivity index (χ3v) is 6.12. The topological polar surface area (TPSA) is 96.3 Å². The molecule has 0 aliphatic heterocycles. The van der Waals surface area contributed by atoms with Gasteiger partial charge in [-0.15, -0.1) is 0 Å². The second kappa shape index (κ2) is 11.1. The highest BCUT2D eigenvalue weighted by Gasteiger charge is 2.16. The standard InChI is InChI=1S/C27H30FN7O2/c1-17(34(3)4)16-30-23-15-21(37-5)7-8-22(23)18(2)26(36)32-33-27-29-12-10-25(31-27)35-13-11-19-14-20(28)6-9-24(19)35/h6-15,17,30H,2,16H2,1,3-5H3,(H,32,36)(H,29,31,33). The molecule has 4 rings (SSSR count). The number of nitrogens with zero attached hydrogens (tertiary/aromatic N) is 4. The van der Waals surface area contributed by atoms with Gasteiger partial charge >= 0.3 is 0 Å². The molecule has 0 spiro atoms. The number of rotatable bonds is 10. The Morgan fingerprint density at radius 3 is 2.76 bits per heavy atom. The van der Waals surface area contributed by atoms with Crippen LogP contribution in [0.15, 0.2) is 67.5 Å². The fraction of sp³-hybridized carbons (Fsp3) is 0.222. The maximum Gasteiger partial charge on any atom is 0.269 e. The van der Waals surface area contributed by atoms with Crippen molar-refractivity contribution in [3.8, 4) is 11.6 Å². The number of carbonyl (C=O) groups excluding carboxylic acids is 1. The fourth-order valence-corrected chi connectivity index (χ4v) is 3.67. The van der Waals surface area contributed by atoms with Crippen LogP contribution in [0.5, 0.6) is 5.75 Å². The van der Waals surface area contributed by atoms with Crippen molar-refractivity contribution >= 4 is 34.0 Å². The zero-order valence-corrected chi connectivity index (χ0v) is 21.2. The number of hydrogen-bond donors (Lipinski definition) is 3. The number of hydrazine groups is 1. The number of aromatic nitrogens is 3. The number of likely N-dealkylation sites (N-methyl/N-ethyl adjacent to an activating group) is 1. The van der Waals surface area contributed by atoms with Crippen molar-refractivity contribution in [1.29, 1.82) is 0 Å². The van der Waals surface area contributed by atoms with Gasteiger partial charge in [-0.3, -0.25) is 15.6 Å². The number of methoxy groups -OCH3 is 1. The minimum atomic E-state index is -0.440. The molecule has 0 saturated carbocycles. The predicted molar refractivity (Wildman–Crippen MR) is 144 cm³/mol. The molecule has 1 atom stereocenters. The van der Waals surface area contributed by atoms with Crippen LogP contribution < -0.4 is 20.9 Å². The summed E-state index contributed by atoms with van der Waals surface area (Å²) in [7, 11) is 5.61. The summed E-state index contributed by atoms with van der Waals surface area (Å²) in [4.78, 5) is 23.7. The minimum Gasteiger partial charge on any atom is -0.497 e. The minimum absolute atomic E-state index is 0.190. The van der Waals surface area contributed by atoms with Gasteiger partial charge in [0.15, 0.2) is 0 Å². The zero-order chi connectivity index (χ0) is 26.5. The van der Waals surface area contributed by atoms with Crippen LogP contribution in [-0.2, 0) is 4.79 Å². The first-order valence-corrected chi connectivity index (χ1v) is 11.7. The van der Waals surface area contributed by atoms with Gasteiger partial charge in [-0.2, -0.15) is 4.98 Å². The number of halogens is 1. The molecule has 3 N–H and O–H groups in total. The molecule has 0 saturated heterocycles. The Balaban J connectivity index is 1.47. The zero-order valence-electron chi connectivity index (χ0n) is 21.2. The van der Waals surface area contributed by atoms with Crippen molar-refractivity contribution in [1.82, 2.24) is 24.9 Å². The van der Waals surface area contributed by atoms with Gasteiger partial charge in [0.05, 0.1) is 12.6 Å². The lowest BCUT2D eigenvalue weighted by Gasteiger charge is -2.22. The van der Waals surface area contributed by atoms with E-state index in [0.29, 0.717) is 23.7 Å². The molecule has 0 fully saturated rings. The Bertz CT molecular complexity index is 1430. The van der Waals surface area contributed by atoms with Crippen molar-refractivity contribution in [2.45, 2.75) is 13.0 Å². The average Bonchev–Trinajstić information content (AvgIpc) is 3.32. The van der Waals surface area contributed by atoms with Crippen LogP contribution in [-0.4, -0.2) is 59.1 Å². The molecule has 192 valence electrons. The summed E-state index contributed by atoms with van der Waals surface area (Å²) < 4.78 is 20.7. The van der Waals surface area contributed by atoms with E-state index in [0.717, 1.165) is 16.6 Å². The van der Waals surface area contributed by atoms with E-state index in [2.05, 4.69) is 44.5 Å². The normalized spacial score (nSPS) is 11.8. The number of fused-ring (bicyclic) bond motifs is 1. The van der Waals surface area contributed by atoms with Gasteiger partial charge in [0.1, 0.15) is 17.4 Å². The van der Waals surface area contributed by atoms with Gasteiger partial charge < -0.3 is 19.5 Å². The van der Waals surface area contributed by atoms with Crippen LogP contribution in [0.4, 0.5) is 16.0 Å². The summed E-state index contributed by atoms with van der Waals surface area (Å²) in [6.45, 7) is 6.76. The maximum absolute atomic E-state index is 13.5. The molecule has 2 aromatic carbocycles. The van der Waals surface area contributed by atoms with E-state index in [1.807, 2.05) is 24.7 Å². The van der Waals surface area contributed by atoms with E-state index >= 15 is 0 Å². The Kier molecular flexibility index (Phi) is 7.69. The van der Waals surface area contributed by atoms with Gasteiger partial charge in [0.25, 0.3) is 5.91 Å². The number of amides is 1. The van der Waals surface area contributed by atoms with E-state index in [1.54, 1.807) is 49.8 Å². The van der Waals surface area contributed by atoms with E-state index in [9.17, 15) is 9.18 Å². The van der Waals surface area contributed by atoms with Crippen molar-refractivity contribution in [2.24, 2.45) is 0 Å². The quantitative estimate of drug-likeness (QED) is 0.222. The Hall–Kier alpha value is -4.44. The van der Waals surface area contributed by atoms with Crippen LogP contribution in [0.1, 0.15) is 12.5 Å². The molecule has 9 nitrogen and oxygen atoms in total. The fourth-order valence-electron chi connectivity index (χ4n) is 3.67. The highest BCUT2D eigenvalue weighted by atomic mass is 19.1. The Labute approximate surface area is 215 Å². The lowest BCUT2D eigenvalue weighted by Crippen LogP contribution is -2.32. The highest BCUT2D eigenvalue weighted by molar-refractivity contribution is 6.20. The third-order valence-electron chi connectivity index (χ3n) is 6.12. The second-order valence-corrected chi connectivity index (χ2v) is 8.79. The number of anilines is 2. The molecule has 0 bridgehead atoms. The smallest absolute Gasteiger partial charge is 0.269 e. The van der Waals surface area contributed by atoms with Gasteiger partial charge in [0.2, 0.25) is 5.95 Å². The Morgan fingerprint density at radius 1 is 1.19 bits per heavy atom. The lowest BCUT2D eigenvalue weighted by atomic mass is 10.0. The van der Waals surface area contributed by atoms with E-state index in [-0.39, 0.29) is 23.4 Å². The van der Waals surface area contributed by atoms with Crippen LogP contribution in [0.3, 0.4) is 0 Å². The molecule has 0 aliphatic carbocycles. The van der Waals surface area contributed by atoms with E-state index < -0.39 is 5.91 Å². The largest absolute Gasteiger partial charge is 0.497 e. The summed E-state index contributed by atoms with van der Waals surface area (Å²) in [5.41, 5.74) is 7.80. The highest BCUT2D eigenvalue weighted by Crippen LogP contribution is 2.28. The number of benzene rings is 2. The molecular formula is C27H30FN7O2. The molecule has 1 amide bonds. The average molecular weight is 504 g/mol. The van der Waals surface area contributed by atoms with Crippen molar-refractivity contribution < 1.29 is 13.9 Å². The van der Waals surface area contributed by atoms with Crippen LogP contribution in [0.25, 0.3) is 22.3 Å². The number of nitrogens with one attached hydrogen (secondary N) is 3. The van der Waals surface area contributed by atoms with Crippen LogP contribution >= 0.6 is 0 Å². The molecule has 0 aliphatic rings. The molecule has 0 radical (unpaired) electrons. The summed E-state index contributed by atoms with van der Waals surface area (Å²) in [6.07, 6.45) is 3.37. The van der Waals surface area contributed by atoms with Gasteiger partial charge in [-0.25, -0.2) is 9.37 Å². The van der Waals surface area contributed by atoms with Gasteiger partial charge in [-0.1, -0.05) is 6.58 Å². The maximum atomic E-state index is 13.5. The lowest BCUT2D eigenvalue weighted by molar-refractivity contribution is -0.115. The first kappa shape index (κ1) is 25.6. The third kappa shape index (κ3) is 5.87. The first-order chi connectivity index (χ1) is 17.8. The molecule has 2 heterocycles. The van der Waals surface area contributed by atoms with E-state index in [4.69, 9.17) is 4.74 Å². The molecule has 2 aromatic heterocycles. The van der Waals surface area contributed by atoms with Crippen LogP contribution in [0.2, 0.25) is 0 Å². The molecule has 37 heavy (non-hydrogen) atoms. The summed E-state index contributed by atoms with van der Waals surface area (Å²) >= 11 is 0. The van der Waals surface area contributed by atoms with Gasteiger partial charge in [-0.05, 0) is 63.5 Å². The summed E-state index contributed by atoms with van der Waals surface area (Å²) in [5.74, 6) is 0.672. The van der Waals surface area contributed by atoms with Crippen LogP contribution in [0, 0.1) is 5.82 Å². The second-order valence-electron chi connectivity index (χ2n) is 8.79. The first-order valence-electron chi connectivity index (χ1n) is 11.7. The monoisotopic (exact) mass is 503 g/mol. The molecule has 10 heteroatoms. The van der Waals surface area contributed by atoms with Crippen molar-refractivity contribution in [2.75, 3.05) is 38.5 Å². The van der Waals surface area contributed by atoms with Crippen molar-refractivity contribution in [3.05, 3.63) is 78.9 Å². The number of carbonyl (C=O) groups is 1. The molecule has 1 unspecified atom stereocenters. The Morgan fingerprint density at radius 2 is 2.00 bits per heavy atom. The van der Waals surface area contributed by atoms with Crippen molar-refractivity contribution in [3.63, 3.8) is 0 Å². The summed E-state index contributed by atoms with van der Waals surface area (Å²) in [6, 6.07) is 13.7. The van der Waals surface area contributed by atoms with Gasteiger partial charge in [0, 0.05) is 53.3 Å². The van der Waals surface area contributed by atoms with E-state index in [1.165, 1.54) is 12.1 Å². The number of hydrogen-bond acceptors (Lipinski definition) is 7. The molecular weight excluding hydrogens is 473 g/mol. The number of ether oxygens (including phenoxy) is 1. The molecule has 4 aromatic rings. The predicted octanol–water partition coefficient (Wildman–Crippen LogP) is 4.09. The SMILES string of the molecule is C=C(C(=O)NNc1nccc(-n2ccc3cc(F)ccc32)n1)c1ccc(OC)cc1NCC(C)N(C)C.